The molecule has 0 aliphatic heterocycles. The Hall–Kier alpha value is -5.31. The van der Waals surface area contributed by atoms with Crippen LogP contribution in [0.3, 0.4) is 0 Å². The molecule has 0 fully saturated rings. The van der Waals surface area contributed by atoms with E-state index in [-0.39, 0.29) is 52.6 Å². The molecule has 0 amide bonds. The first-order valence-corrected chi connectivity index (χ1v) is 11.4. The Morgan fingerprint density at radius 1 is 0.923 bits per heavy atom. The molecule has 0 aliphatic carbocycles. The van der Waals surface area contributed by atoms with Gasteiger partial charge >= 0.3 is 0 Å². The molecule has 0 spiro atoms. The Kier molecular flexibility index (Phi) is 6.88. The molecule has 12 heteroatoms. The molecule has 39 heavy (non-hydrogen) atoms. The van der Waals surface area contributed by atoms with E-state index < -0.39 is 28.8 Å². The second-order valence-electron chi connectivity index (χ2n) is 8.20. The topological polar surface area (TPSA) is 112 Å². The minimum Gasteiger partial charge on any atom is -0.382 e. The Morgan fingerprint density at radius 2 is 1.72 bits per heavy atom. The fraction of sp³-hybridized carbons (Fsp3) is 0.0741. The first kappa shape index (κ1) is 25.3. The summed E-state index contributed by atoms with van der Waals surface area (Å²) in [5.41, 5.74) is 5.66. The number of nitrogens with one attached hydrogen (secondary N) is 1. The van der Waals surface area contributed by atoms with Gasteiger partial charge < -0.3 is 11.1 Å². The lowest BCUT2D eigenvalue weighted by atomic mass is 10.2. The third kappa shape index (κ3) is 5.37. The first-order chi connectivity index (χ1) is 18.8. The highest BCUT2D eigenvalue weighted by Crippen LogP contribution is 2.19. The van der Waals surface area contributed by atoms with E-state index in [1.165, 1.54) is 30.6 Å². The standard InChI is InChI=1S/C27H17F4N7O/c28-15-4-5-18(34-13-15)6-7-20-25(32)35-14-36-26(20)33-9-8-23-37-22-3-1-2-21(31)24(22)27(39)38(23)19-11-16(29)10-17(30)12-19/h1-5,10-14H,8-9H2,(H3,32,33,35,36). The number of fused-ring (bicyclic) bond motifs is 1. The van der Waals surface area contributed by atoms with Crippen LogP contribution in [0.5, 0.6) is 0 Å². The lowest BCUT2D eigenvalue weighted by Gasteiger charge is -2.15. The molecule has 0 aliphatic rings. The van der Waals surface area contributed by atoms with Gasteiger partial charge in [0.15, 0.2) is 0 Å². The van der Waals surface area contributed by atoms with E-state index in [0.717, 1.165) is 29.0 Å². The third-order valence-electron chi connectivity index (χ3n) is 5.58. The van der Waals surface area contributed by atoms with Gasteiger partial charge in [-0.3, -0.25) is 9.36 Å². The third-order valence-corrected chi connectivity index (χ3v) is 5.58. The molecular weight excluding hydrogens is 514 g/mol. The first-order valence-electron chi connectivity index (χ1n) is 11.4. The smallest absolute Gasteiger partial charge is 0.268 e. The zero-order valence-corrected chi connectivity index (χ0v) is 19.9. The minimum absolute atomic E-state index is 0.0517. The van der Waals surface area contributed by atoms with Crippen molar-refractivity contribution in [1.29, 1.82) is 0 Å². The van der Waals surface area contributed by atoms with Crippen LogP contribution in [0.25, 0.3) is 16.6 Å². The molecular formula is C27H17F4N7O. The summed E-state index contributed by atoms with van der Waals surface area (Å²) < 4.78 is 56.6. The fourth-order valence-electron chi connectivity index (χ4n) is 3.86. The number of benzene rings is 2. The van der Waals surface area contributed by atoms with E-state index in [4.69, 9.17) is 5.73 Å². The van der Waals surface area contributed by atoms with Crippen LogP contribution >= 0.6 is 0 Å². The normalized spacial score (nSPS) is 10.8. The second kappa shape index (κ2) is 10.6. The van der Waals surface area contributed by atoms with Crippen LogP contribution in [0.1, 0.15) is 17.1 Å². The van der Waals surface area contributed by atoms with Gasteiger partial charge in [0.25, 0.3) is 5.56 Å². The average Bonchev–Trinajstić information content (AvgIpc) is 2.88. The van der Waals surface area contributed by atoms with Gasteiger partial charge in [0, 0.05) is 19.0 Å². The van der Waals surface area contributed by atoms with E-state index in [9.17, 15) is 22.4 Å². The quantitative estimate of drug-likeness (QED) is 0.262. The summed E-state index contributed by atoms with van der Waals surface area (Å²) >= 11 is 0. The van der Waals surface area contributed by atoms with Gasteiger partial charge in [-0.15, -0.1) is 0 Å². The minimum atomic E-state index is -0.912. The number of aromatic nitrogens is 5. The zero-order chi connectivity index (χ0) is 27.5. The molecule has 3 N–H and O–H groups in total. The van der Waals surface area contributed by atoms with Gasteiger partial charge in [0.2, 0.25) is 0 Å². The number of nitrogen functional groups attached to an aromatic ring is 1. The van der Waals surface area contributed by atoms with Crippen molar-refractivity contribution in [3.8, 4) is 17.5 Å². The number of halogens is 4. The van der Waals surface area contributed by atoms with Gasteiger partial charge in [-0.25, -0.2) is 37.5 Å². The van der Waals surface area contributed by atoms with E-state index >= 15 is 0 Å². The molecule has 0 atom stereocenters. The van der Waals surface area contributed by atoms with Crippen LogP contribution in [0.2, 0.25) is 0 Å². The summed E-state index contributed by atoms with van der Waals surface area (Å²) in [7, 11) is 0. The largest absolute Gasteiger partial charge is 0.382 e. The molecule has 0 bridgehead atoms. The summed E-state index contributed by atoms with van der Waals surface area (Å²) in [6.45, 7) is 0.116. The summed E-state index contributed by atoms with van der Waals surface area (Å²) in [5, 5.41) is 2.73. The van der Waals surface area contributed by atoms with Crippen molar-refractivity contribution in [2.24, 2.45) is 0 Å². The molecule has 8 nitrogen and oxygen atoms in total. The number of hydrogen-bond donors (Lipinski definition) is 2. The predicted octanol–water partition coefficient (Wildman–Crippen LogP) is 3.76. The zero-order valence-electron chi connectivity index (χ0n) is 19.9. The van der Waals surface area contributed by atoms with Gasteiger partial charge in [0.1, 0.15) is 63.7 Å². The number of nitrogens with two attached hydrogens (primary N) is 1. The second-order valence-corrected chi connectivity index (χ2v) is 8.20. The highest BCUT2D eigenvalue weighted by molar-refractivity contribution is 5.78. The summed E-state index contributed by atoms with van der Waals surface area (Å²) in [6.07, 6.45) is 2.30. The molecule has 0 saturated heterocycles. The molecule has 0 unspecified atom stereocenters. The Morgan fingerprint density at radius 3 is 2.46 bits per heavy atom. The van der Waals surface area contributed by atoms with Crippen LogP contribution in [0, 0.1) is 35.1 Å². The number of pyridine rings is 1. The summed E-state index contributed by atoms with van der Waals surface area (Å²) in [4.78, 5) is 29.7. The fourth-order valence-corrected chi connectivity index (χ4v) is 3.86. The lowest BCUT2D eigenvalue weighted by Crippen LogP contribution is -2.26. The Bertz CT molecular complexity index is 1810. The average molecular weight is 531 g/mol. The van der Waals surface area contributed by atoms with Gasteiger partial charge in [-0.2, -0.15) is 0 Å². The summed E-state index contributed by atoms with van der Waals surface area (Å²) in [6, 6.07) is 9.17. The van der Waals surface area contributed by atoms with Crippen molar-refractivity contribution in [2.75, 3.05) is 17.6 Å². The van der Waals surface area contributed by atoms with Crippen LogP contribution in [-0.4, -0.2) is 31.0 Å². The Labute approximate surface area is 218 Å². The summed E-state index contributed by atoms with van der Waals surface area (Å²) in [5.74, 6) is 2.88. The molecule has 3 heterocycles. The monoisotopic (exact) mass is 531 g/mol. The van der Waals surface area contributed by atoms with E-state index in [0.29, 0.717) is 11.8 Å². The Balaban J connectivity index is 1.49. The van der Waals surface area contributed by atoms with Crippen LogP contribution in [0.4, 0.5) is 29.2 Å². The van der Waals surface area contributed by atoms with Crippen LogP contribution < -0.4 is 16.6 Å². The number of hydrogen-bond acceptors (Lipinski definition) is 7. The van der Waals surface area contributed by atoms with Crippen LogP contribution in [0.15, 0.2) is 65.8 Å². The SMILES string of the molecule is Nc1ncnc(NCCc2nc3cccc(F)c3c(=O)n2-c2cc(F)cc(F)c2)c1C#Cc1ccc(F)cn1. The van der Waals surface area contributed by atoms with Crippen LogP contribution in [-0.2, 0) is 6.42 Å². The molecule has 0 radical (unpaired) electrons. The molecule has 5 rings (SSSR count). The predicted molar refractivity (Wildman–Crippen MR) is 136 cm³/mol. The number of anilines is 2. The maximum absolute atomic E-state index is 14.5. The maximum Gasteiger partial charge on any atom is 0.268 e. The maximum atomic E-state index is 14.5. The van der Waals surface area contributed by atoms with Crippen molar-refractivity contribution in [1.82, 2.24) is 24.5 Å². The highest BCUT2D eigenvalue weighted by Gasteiger charge is 2.17. The molecule has 2 aromatic carbocycles. The van der Waals surface area contributed by atoms with Gasteiger partial charge in [-0.05, 0) is 42.3 Å². The number of nitrogens with zero attached hydrogens (tertiary/aromatic N) is 5. The van der Waals surface area contributed by atoms with Gasteiger partial charge in [-0.1, -0.05) is 12.0 Å². The van der Waals surface area contributed by atoms with Crippen molar-refractivity contribution in [2.45, 2.75) is 6.42 Å². The highest BCUT2D eigenvalue weighted by atomic mass is 19.1. The van der Waals surface area contributed by atoms with E-state index in [1.807, 2.05) is 0 Å². The molecule has 5 aromatic rings. The molecule has 194 valence electrons. The van der Waals surface area contributed by atoms with Crippen molar-refractivity contribution >= 4 is 22.5 Å². The van der Waals surface area contributed by atoms with Gasteiger partial charge in [0.05, 0.1) is 17.4 Å². The number of rotatable bonds is 5. The lowest BCUT2D eigenvalue weighted by molar-refractivity contribution is 0.580. The molecule has 3 aromatic heterocycles. The van der Waals surface area contributed by atoms with Crippen molar-refractivity contribution in [3.05, 3.63) is 112 Å². The van der Waals surface area contributed by atoms with E-state index in [2.05, 4.69) is 37.1 Å². The van der Waals surface area contributed by atoms with Crippen molar-refractivity contribution < 1.29 is 17.6 Å². The molecule has 0 saturated carbocycles. The van der Waals surface area contributed by atoms with E-state index in [1.54, 1.807) is 0 Å². The van der Waals surface area contributed by atoms with Crippen molar-refractivity contribution in [3.63, 3.8) is 0 Å².